The summed E-state index contributed by atoms with van der Waals surface area (Å²) in [5.74, 6) is -2.91. The molecule has 1 rings (SSSR count). The van der Waals surface area contributed by atoms with E-state index in [9.17, 15) is 32.3 Å². The molecule has 0 fully saturated rings. The highest BCUT2D eigenvalue weighted by Crippen LogP contribution is 2.31. The summed E-state index contributed by atoms with van der Waals surface area (Å²) in [7, 11) is 0. The number of carbonyl (C=O) groups excluding carboxylic acids is 4. The first kappa shape index (κ1) is 30.9. The van der Waals surface area contributed by atoms with E-state index in [1.807, 2.05) is 0 Å². The van der Waals surface area contributed by atoms with E-state index in [4.69, 9.17) is 9.47 Å². The Labute approximate surface area is 209 Å². The molecule has 2 amide bonds. The van der Waals surface area contributed by atoms with Crippen molar-refractivity contribution in [1.82, 2.24) is 10.6 Å². The normalized spacial score (nSPS) is 13.5. The summed E-state index contributed by atoms with van der Waals surface area (Å²) in [6.07, 6.45) is -4.69. The minimum Gasteiger partial charge on any atom is -0.466 e. The van der Waals surface area contributed by atoms with Gasteiger partial charge in [0, 0.05) is 6.42 Å². The van der Waals surface area contributed by atoms with Gasteiger partial charge in [-0.15, -0.1) is 0 Å². The van der Waals surface area contributed by atoms with Gasteiger partial charge in [0.05, 0.1) is 24.2 Å². The number of halogens is 3. The Morgan fingerprint density at radius 3 is 1.89 bits per heavy atom. The summed E-state index contributed by atoms with van der Waals surface area (Å²) in [5.41, 5.74) is -1.77. The first-order chi connectivity index (χ1) is 16.6. The van der Waals surface area contributed by atoms with Gasteiger partial charge in [0.15, 0.2) is 0 Å². The highest BCUT2D eigenvalue weighted by Gasteiger charge is 2.36. The molecular weight excluding hydrogens is 481 g/mol. The van der Waals surface area contributed by atoms with E-state index < -0.39 is 58.9 Å². The van der Waals surface area contributed by atoms with Crippen molar-refractivity contribution in [1.29, 1.82) is 0 Å². The van der Waals surface area contributed by atoms with E-state index in [1.54, 1.807) is 27.7 Å². The summed E-state index contributed by atoms with van der Waals surface area (Å²) in [6, 6.07) is 2.03. The molecule has 0 heterocycles. The second-order valence-electron chi connectivity index (χ2n) is 9.05. The number of hydrogen-bond acceptors (Lipinski definition) is 6. The Morgan fingerprint density at radius 2 is 1.42 bits per heavy atom. The van der Waals surface area contributed by atoms with Gasteiger partial charge in [-0.2, -0.15) is 13.2 Å². The lowest BCUT2D eigenvalue weighted by atomic mass is 9.82. The summed E-state index contributed by atoms with van der Waals surface area (Å²) >= 11 is 0. The Morgan fingerprint density at radius 1 is 0.889 bits per heavy atom. The molecule has 0 saturated heterocycles. The molecule has 2 atom stereocenters. The smallest absolute Gasteiger partial charge is 0.416 e. The molecule has 0 aromatic heterocycles. The first-order valence-electron chi connectivity index (χ1n) is 11.8. The van der Waals surface area contributed by atoms with Gasteiger partial charge < -0.3 is 20.1 Å². The van der Waals surface area contributed by atoms with Crippen LogP contribution in [0.1, 0.15) is 65.5 Å². The number of amides is 2. The standard InChI is InChI=1S/C25H35F3N2O6/c1-7-35-19(31)14-13-18(22(33)36-8-2)29-21(32)20(15(3)4)30-23(34)24(5,6)16-9-11-17(12-10-16)25(26,27)28/h9-12,15,18,20H,7-8,13-14H2,1-6H3,(H,29,32)(H,30,34)/t18-,20+/m1/s1. The molecule has 202 valence electrons. The van der Waals surface area contributed by atoms with Gasteiger partial charge in [-0.05, 0) is 57.7 Å². The summed E-state index contributed by atoms with van der Waals surface area (Å²) < 4.78 is 48.5. The maximum absolute atomic E-state index is 13.1. The molecule has 1 aromatic carbocycles. The molecule has 0 aliphatic carbocycles. The number of hydrogen-bond donors (Lipinski definition) is 2. The topological polar surface area (TPSA) is 111 Å². The van der Waals surface area contributed by atoms with Crippen molar-refractivity contribution in [3.63, 3.8) is 0 Å². The fraction of sp³-hybridized carbons (Fsp3) is 0.600. The van der Waals surface area contributed by atoms with Gasteiger partial charge in [0.2, 0.25) is 11.8 Å². The van der Waals surface area contributed by atoms with E-state index in [-0.39, 0.29) is 26.1 Å². The molecular formula is C25H35F3N2O6. The number of benzene rings is 1. The second-order valence-corrected chi connectivity index (χ2v) is 9.05. The Hall–Kier alpha value is -3.11. The van der Waals surface area contributed by atoms with E-state index >= 15 is 0 Å². The predicted molar refractivity (Wildman–Crippen MR) is 126 cm³/mol. The number of ether oxygens (including phenoxy) is 2. The van der Waals surface area contributed by atoms with Crippen LogP contribution in [0.25, 0.3) is 0 Å². The highest BCUT2D eigenvalue weighted by molar-refractivity contribution is 5.94. The SMILES string of the molecule is CCOC(=O)CC[C@@H](NC(=O)[C@@H](NC(=O)C(C)(C)c1ccc(C(F)(F)F)cc1)C(C)C)C(=O)OCC. The molecule has 0 unspecified atom stereocenters. The van der Waals surface area contributed by atoms with Crippen LogP contribution in [0.5, 0.6) is 0 Å². The van der Waals surface area contributed by atoms with Gasteiger partial charge in [0.1, 0.15) is 12.1 Å². The van der Waals surface area contributed by atoms with E-state index in [0.29, 0.717) is 5.56 Å². The monoisotopic (exact) mass is 516 g/mol. The highest BCUT2D eigenvalue weighted by atomic mass is 19.4. The van der Waals surface area contributed by atoms with Gasteiger partial charge in [-0.25, -0.2) is 4.79 Å². The number of alkyl halides is 3. The summed E-state index contributed by atoms with van der Waals surface area (Å²) in [6.45, 7) is 9.91. The zero-order valence-corrected chi connectivity index (χ0v) is 21.5. The van der Waals surface area contributed by atoms with Crippen molar-refractivity contribution in [2.45, 2.75) is 78.1 Å². The largest absolute Gasteiger partial charge is 0.466 e. The van der Waals surface area contributed by atoms with Crippen molar-refractivity contribution in [3.05, 3.63) is 35.4 Å². The lowest BCUT2D eigenvalue weighted by molar-refractivity contribution is -0.149. The van der Waals surface area contributed by atoms with Crippen LogP contribution in [0.2, 0.25) is 0 Å². The number of rotatable bonds is 12. The first-order valence-corrected chi connectivity index (χ1v) is 11.8. The van der Waals surface area contributed by atoms with Crippen LogP contribution in [-0.2, 0) is 40.2 Å². The molecule has 2 N–H and O–H groups in total. The molecule has 1 aromatic rings. The molecule has 36 heavy (non-hydrogen) atoms. The van der Waals surface area contributed by atoms with Crippen molar-refractivity contribution in [3.8, 4) is 0 Å². The summed E-state index contributed by atoms with van der Waals surface area (Å²) in [5, 5.41) is 5.18. The van der Waals surface area contributed by atoms with Crippen LogP contribution in [0.3, 0.4) is 0 Å². The molecule has 8 nitrogen and oxygen atoms in total. The molecule has 0 saturated carbocycles. The molecule has 0 radical (unpaired) electrons. The van der Waals surface area contributed by atoms with E-state index in [2.05, 4.69) is 10.6 Å². The van der Waals surface area contributed by atoms with Gasteiger partial charge >= 0.3 is 18.1 Å². The third kappa shape index (κ3) is 8.83. The van der Waals surface area contributed by atoms with Gasteiger partial charge in [0.25, 0.3) is 0 Å². The molecule has 11 heteroatoms. The Bertz CT molecular complexity index is 913. The summed E-state index contributed by atoms with van der Waals surface area (Å²) in [4.78, 5) is 50.2. The van der Waals surface area contributed by atoms with Crippen LogP contribution in [0.4, 0.5) is 13.2 Å². The third-order valence-corrected chi connectivity index (χ3v) is 5.57. The fourth-order valence-electron chi connectivity index (χ4n) is 3.31. The van der Waals surface area contributed by atoms with Crippen molar-refractivity contribution in [2.24, 2.45) is 5.92 Å². The van der Waals surface area contributed by atoms with Crippen LogP contribution in [-0.4, -0.2) is 49.1 Å². The van der Waals surface area contributed by atoms with Crippen molar-refractivity contribution in [2.75, 3.05) is 13.2 Å². The Balaban J connectivity index is 3.02. The van der Waals surface area contributed by atoms with Crippen molar-refractivity contribution < 1.29 is 41.8 Å². The number of nitrogens with one attached hydrogen (secondary N) is 2. The van der Waals surface area contributed by atoms with Gasteiger partial charge in [-0.1, -0.05) is 26.0 Å². The minimum atomic E-state index is -4.51. The van der Waals surface area contributed by atoms with E-state index in [1.165, 1.54) is 26.0 Å². The molecule has 0 spiro atoms. The fourth-order valence-corrected chi connectivity index (χ4v) is 3.31. The van der Waals surface area contributed by atoms with Crippen LogP contribution < -0.4 is 10.6 Å². The zero-order valence-electron chi connectivity index (χ0n) is 21.5. The molecule has 0 bridgehead atoms. The molecule has 0 aliphatic rings. The number of esters is 2. The lowest BCUT2D eigenvalue weighted by Gasteiger charge is -2.30. The average molecular weight is 517 g/mol. The molecule has 0 aliphatic heterocycles. The second kappa shape index (κ2) is 13.3. The lowest BCUT2D eigenvalue weighted by Crippen LogP contribution is -2.56. The maximum Gasteiger partial charge on any atom is 0.416 e. The Kier molecular flexibility index (Phi) is 11.4. The van der Waals surface area contributed by atoms with Crippen molar-refractivity contribution >= 4 is 23.8 Å². The maximum atomic E-state index is 13.1. The van der Waals surface area contributed by atoms with Crippen LogP contribution in [0, 0.1) is 5.92 Å². The van der Waals surface area contributed by atoms with Crippen LogP contribution >= 0.6 is 0 Å². The average Bonchev–Trinajstić information content (AvgIpc) is 2.79. The zero-order chi connectivity index (χ0) is 27.7. The van der Waals surface area contributed by atoms with E-state index in [0.717, 1.165) is 12.1 Å². The third-order valence-electron chi connectivity index (χ3n) is 5.57. The quantitative estimate of drug-likeness (QED) is 0.412. The number of carbonyl (C=O) groups is 4. The van der Waals surface area contributed by atoms with Gasteiger partial charge in [-0.3, -0.25) is 14.4 Å². The predicted octanol–water partition coefficient (Wildman–Crippen LogP) is 3.52. The minimum absolute atomic E-state index is 0.0563. The van der Waals surface area contributed by atoms with Crippen LogP contribution in [0.15, 0.2) is 24.3 Å².